The third-order valence-corrected chi connectivity index (χ3v) is 6.54. The number of Topliss-reactive ketones (excluding diaryl/α,β-unsaturated/α-hetero) is 1. The Kier molecular flexibility index (Phi) is 25.8. The molecule has 0 spiro atoms. The van der Waals surface area contributed by atoms with Crippen molar-refractivity contribution in [1.82, 2.24) is 5.32 Å². The van der Waals surface area contributed by atoms with E-state index in [0.717, 1.165) is 26.4 Å². The monoisotopic (exact) mass is 494 g/mol. The Hall–Kier alpha value is -0.540. The van der Waals surface area contributed by atoms with Crippen molar-refractivity contribution >= 4 is 16.2 Å². The fourth-order valence-electron chi connectivity index (χ4n) is 3.81. The summed E-state index contributed by atoms with van der Waals surface area (Å²) >= 11 is 0. The molecule has 7 nitrogen and oxygen atoms in total. The molecule has 2 unspecified atom stereocenters. The summed E-state index contributed by atoms with van der Waals surface area (Å²) in [6, 6.07) is 0.269. The number of ketones is 1. The number of hydrogen-bond acceptors (Lipinski definition) is 6. The SMILES string of the molecule is CCCCCCCCCCCCCCCCCC(=O)C(C)CC(CN)NC.COS(=O)(=O)O. The van der Waals surface area contributed by atoms with Crippen molar-refractivity contribution in [2.24, 2.45) is 11.7 Å². The quantitative estimate of drug-likeness (QED) is 0.128. The van der Waals surface area contributed by atoms with Gasteiger partial charge in [0, 0.05) is 24.9 Å². The van der Waals surface area contributed by atoms with Gasteiger partial charge in [-0.25, -0.2) is 0 Å². The second-order valence-corrected chi connectivity index (χ2v) is 10.3. The highest BCUT2D eigenvalue weighted by molar-refractivity contribution is 7.80. The van der Waals surface area contributed by atoms with Crippen LogP contribution in [-0.2, 0) is 19.4 Å². The number of carbonyl (C=O) groups is 1. The predicted octanol–water partition coefficient (Wildman–Crippen LogP) is 5.83. The maximum atomic E-state index is 12.2. The zero-order valence-electron chi connectivity index (χ0n) is 21.9. The summed E-state index contributed by atoms with van der Waals surface area (Å²) in [5, 5.41) is 3.18. The van der Waals surface area contributed by atoms with Crippen LogP contribution in [0.25, 0.3) is 0 Å². The Morgan fingerprint density at radius 3 is 1.55 bits per heavy atom. The number of rotatable bonds is 22. The van der Waals surface area contributed by atoms with E-state index in [0.29, 0.717) is 12.3 Å². The Bertz CT molecular complexity index is 525. The van der Waals surface area contributed by atoms with E-state index >= 15 is 0 Å². The van der Waals surface area contributed by atoms with Gasteiger partial charge in [-0.3, -0.25) is 13.5 Å². The third-order valence-electron chi connectivity index (χ3n) is 6.12. The van der Waals surface area contributed by atoms with Crippen molar-refractivity contribution in [2.45, 2.75) is 129 Å². The number of nitrogens with one attached hydrogen (secondary N) is 1. The van der Waals surface area contributed by atoms with Gasteiger partial charge in [-0.05, 0) is 19.9 Å². The molecule has 200 valence electrons. The summed E-state index contributed by atoms with van der Waals surface area (Å²) in [6.07, 6.45) is 22.1. The van der Waals surface area contributed by atoms with Crippen LogP contribution in [0.3, 0.4) is 0 Å². The molecule has 0 aromatic heterocycles. The fraction of sp³-hybridized carbons (Fsp3) is 0.960. The van der Waals surface area contributed by atoms with Crippen LogP contribution in [-0.4, -0.2) is 45.5 Å². The van der Waals surface area contributed by atoms with Crippen molar-refractivity contribution in [3.63, 3.8) is 0 Å². The van der Waals surface area contributed by atoms with Crippen LogP contribution in [0, 0.1) is 5.92 Å². The fourth-order valence-corrected chi connectivity index (χ4v) is 3.81. The van der Waals surface area contributed by atoms with Crippen molar-refractivity contribution in [3.05, 3.63) is 0 Å². The normalized spacial score (nSPS) is 13.3. The minimum absolute atomic E-state index is 0.137. The van der Waals surface area contributed by atoms with Gasteiger partial charge in [-0.15, -0.1) is 0 Å². The Labute approximate surface area is 205 Å². The van der Waals surface area contributed by atoms with E-state index in [1.165, 1.54) is 89.9 Å². The Morgan fingerprint density at radius 1 is 0.879 bits per heavy atom. The molecule has 0 aliphatic carbocycles. The summed E-state index contributed by atoms with van der Waals surface area (Å²) in [6.45, 7) is 4.94. The van der Waals surface area contributed by atoms with Crippen molar-refractivity contribution in [3.8, 4) is 0 Å². The highest BCUT2D eigenvalue weighted by atomic mass is 32.3. The van der Waals surface area contributed by atoms with Gasteiger partial charge in [0.2, 0.25) is 0 Å². The van der Waals surface area contributed by atoms with E-state index < -0.39 is 10.4 Å². The van der Waals surface area contributed by atoms with Crippen LogP contribution >= 0.6 is 0 Å². The van der Waals surface area contributed by atoms with Crippen LogP contribution in [0.4, 0.5) is 0 Å². The number of carbonyl (C=O) groups excluding carboxylic acids is 1. The van der Waals surface area contributed by atoms with Crippen LogP contribution in [0.15, 0.2) is 0 Å². The zero-order chi connectivity index (χ0) is 25.4. The molecular weight excluding hydrogens is 440 g/mol. The van der Waals surface area contributed by atoms with Gasteiger partial charge in [-0.1, -0.05) is 104 Å². The molecule has 0 aromatic rings. The molecule has 0 saturated carbocycles. The number of unbranched alkanes of at least 4 members (excludes halogenated alkanes) is 14. The van der Waals surface area contributed by atoms with Gasteiger partial charge in [0.05, 0.1) is 7.11 Å². The topological polar surface area (TPSA) is 119 Å². The van der Waals surface area contributed by atoms with Gasteiger partial charge in [0.1, 0.15) is 5.78 Å². The molecular formula is C25H54N2O5S. The van der Waals surface area contributed by atoms with Crippen LogP contribution < -0.4 is 11.1 Å². The van der Waals surface area contributed by atoms with Gasteiger partial charge < -0.3 is 11.1 Å². The molecule has 8 heteroatoms. The molecule has 0 saturated heterocycles. The van der Waals surface area contributed by atoms with Gasteiger partial charge in [-0.2, -0.15) is 8.42 Å². The van der Waals surface area contributed by atoms with Gasteiger partial charge >= 0.3 is 10.4 Å². The second kappa shape index (κ2) is 24.6. The maximum Gasteiger partial charge on any atom is 0.397 e. The van der Waals surface area contributed by atoms with Crippen molar-refractivity contribution in [2.75, 3.05) is 20.7 Å². The third kappa shape index (κ3) is 27.6. The number of likely N-dealkylation sites (N-methyl/N-ethyl adjacent to an activating group) is 1. The van der Waals surface area contributed by atoms with Crippen molar-refractivity contribution in [1.29, 1.82) is 0 Å². The van der Waals surface area contributed by atoms with Crippen LogP contribution in [0.1, 0.15) is 123 Å². The molecule has 0 fully saturated rings. The van der Waals surface area contributed by atoms with Crippen LogP contribution in [0.2, 0.25) is 0 Å². The summed E-state index contributed by atoms with van der Waals surface area (Å²) in [5.41, 5.74) is 5.69. The highest BCUT2D eigenvalue weighted by Crippen LogP contribution is 2.15. The first-order chi connectivity index (χ1) is 15.7. The van der Waals surface area contributed by atoms with Gasteiger partial charge in [0.25, 0.3) is 0 Å². The highest BCUT2D eigenvalue weighted by Gasteiger charge is 2.16. The van der Waals surface area contributed by atoms with E-state index in [1.807, 2.05) is 14.0 Å². The molecule has 0 aliphatic heterocycles. The molecule has 0 aliphatic rings. The number of hydrogen-bond donors (Lipinski definition) is 3. The first-order valence-corrected chi connectivity index (χ1v) is 14.5. The minimum Gasteiger partial charge on any atom is -0.329 e. The smallest absolute Gasteiger partial charge is 0.329 e. The average molecular weight is 495 g/mol. The molecule has 0 bridgehead atoms. The molecule has 0 amide bonds. The molecule has 0 rings (SSSR count). The lowest BCUT2D eigenvalue weighted by atomic mass is 9.94. The lowest BCUT2D eigenvalue weighted by molar-refractivity contribution is -0.122. The summed E-state index contributed by atoms with van der Waals surface area (Å²) in [5.74, 6) is 0.552. The predicted molar refractivity (Wildman–Crippen MR) is 139 cm³/mol. The minimum atomic E-state index is -4.16. The molecule has 0 heterocycles. The second-order valence-electron chi connectivity index (χ2n) is 9.12. The molecule has 33 heavy (non-hydrogen) atoms. The first-order valence-electron chi connectivity index (χ1n) is 13.1. The standard InChI is InChI=1S/C24H50N2O.CH4O4S/c1-4-5-6-7-8-9-10-11-12-13-14-15-16-17-18-19-24(27)22(2)20-23(21-25)26-3;1-5-6(2,3)4/h22-23,26H,4-21,25H2,1-3H3;1H3,(H,2,3,4). The summed E-state index contributed by atoms with van der Waals surface area (Å²) in [7, 11) is -1.37. The molecule has 2 atom stereocenters. The van der Waals surface area contributed by atoms with E-state index in [1.54, 1.807) is 0 Å². The first kappa shape index (κ1) is 34.6. The molecule has 0 aromatic carbocycles. The number of nitrogens with two attached hydrogens (primary N) is 1. The average Bonchev–Trinajstić information content (AvgIpc) is 2.79. The van der Waals surface area contributed by atoms with Crippen LogP contribution in [0.5, 0.6) is 0 Å². The van der Waals surface area contributed by atoms with Crippen molar-refractivity contribution < 1.29 is 21.9 Å². The molecule has 0 radical (unpaired) electrons. The van der Waals surface area contributed by atoms with Gasteiger partial charge in [0.15, 0.2) is 0 Å². The lowest BCUT2D eigenvalue weighted by Crippen LogP contribution is -2.36. The summed E-state index contributed by atoms with van der Waals surface area (Å²) < 4.78 is 29.7. The maximum absolute atomic E-state index is 12.2. The lowest BCUT2D eigenvalue weighted by Gasteiger charge is -2.18. The van der Waals surface area contributed by atoms with E-state index in [-0.39, 0.29) is 12.0 Å². The van der Waals surface area contributed by atoms with E-state index in [4.69, 9.17) is 10.3 Å². The summed E-state index contributed by atoms with van der Waals surface area (Å²) in [4.78, 5) is 12.2. The largest absolute Gasteiger partial charge is 0.397 e. The van der Waals surface area contributed by atoms with E-state index in [9.17, 15) is 13.2 Å². The zero-order valence-corrected chi connectivity index (χ0v) is 22.8. The Balaban J connectivity index is 0. The molecule has 4 N–H and O–H groups in total. The Morgan fingerprint density at radius 2 is 1.24 bits per heavy atom. The van der Waals surface area contributed by atoms with E-state index in [2.05, 4.69) is 16.4 Å².